The van der Waals surface area contributed by atoms with Crippen LogP contribution in [0.1, 0.15) is 19.3 Å². The Bertz CT molecular complexity index is 640. The molecule has 0 atom stereocenters. The predicted molar refractivity (Wildman–Crippen MR) is 68.5 cm³/mol. The molecule has 1 fully saturated rings. The highest BCUT2D eigenvalue weighted by atomic mass is 16.4. The molecule has 18 heavy (non-hydrogen) atoms. The summed E-state index contributed by atoms with van der Waals surface area (Å²) in [6.07, 6.45) is 2.68. The van der Waals surface area contributed by atoms with Crippen LogP contribution in [-0.4, -0.2) is 22.2 Å². The van der Waals surface area contributed by atoms with Crippen molar-refractivity contribution in [1.82, 2.24) is 4.98 Å². The first-order valence-electron chi connectivity index (χ1n) is 5.94. The van der Waals surface area contributed by atoms with Gasteiger partial charge in [0, 0.05) is 12.6 Å². The van der Waals surface area contributed by atoms with Crippen LogP contribution in [0.5, 0.6) is 0 Å². The fourth-order valence-electron chi connectivity index (χ4n) is 2.19. The summed E-state index contributed by atoms with van der Waals surface area (Å²) in [6, 6.07) is 3.32. The number of hydrogen-bond donors (Lipinski definition) is 4. The molecular weight excluding hydrogens is 234 g/mol. The zero-order valence-corrected chi connectivity index (χ0v) is 9.82. The number of aromatic amines is 1. The van der Waals surface area contributed by atoms with Gasteiger partial charge in [-0.1, -0.05) is 0 Å². The van der Waals surface area contributed by atoms with Gasteiger partial charge in [-0.15, -0.1) is 0 Å². The standard InChI is InChI=1S/C12H15N3O3/c13-7-4-10-9(15-11(16)18-10)5-8(7)14-6-12(17)2-1-3-12/h4-5,14,17H,1-3,6,13H2,(H,15,16). The van der Waals surface area contributed by atoms with Crippen LogP contribution in [0.3, 0.4) is 0 Å². The molecular formula is C12H15N3O3. The Labute approximate surface area is 103 Å². The highest BCUT2D eigenvalue weighted by Crippen LogP contribution is 2.32. The highest BCUT2D eigenvalue weighted by molar-refractivity contribution is 5.85. The first kappa shape index (κ1) is 11.2. The fourth-order valence-corrected chi connectivity index (χ4v) is 2.19. The Hall–Kier alpha value is -1.95. The van der Waals surface area contributed by atoms with E-state index in [1.54, 1.807) is 12.1 Å². The van der Waals surface area contributed by atoms with Crippen molar-refractivity contribution in [3.8, 4) is 0 Å². The lowest BCUT2D eigenvalue weighted by Crippen LogP contribution is -2.43. The Kier molecular flexibility index (Phi) is 2.34. The van der Waals surface area contributed by atoms with E-state index in [-0.39, 0.29) is 0 Å². The number of aromatic nitrogens is 1. The Morgan fingerprint density at radius 2 is 2.28 bits per heavy atom. The van der Waals surface area contributed by atoms with Crippen molar-refractivity contribution in [3.05, 3.63) is 22.7 Å². The first-order valence-corrected chi connectivity index (χ1v) is 5.94. The second-order valence-corrected chi connectivity index (χ2v) is 4.88. The number of hydrogen-bond acceptors (Lipinski definition) is 5. The number of H-pyrrole nitrogens is 1. The minimum Gasteiger partial charge on any atom is -0.408 e. The van der Waals surface area contributed by atoms with Crippen LogP contribution in [0, 0.1) is 0 Å². The van der Waals surface area contributed by atoms with Gasteiger partial charge in [-0.3, -0.25) is 4.98 Å². The van der Waals surface area contributed by atoms with Crippen LogP contribution >= 0.6 is 0 Å². The second kappa shape index (κ2) is 3.78. The van der Waals surface area contributed by atoms with E-state index in [1.165, 1.54) is 0 Å². The SMILES string of the molecule is Nc1cc2oc(=O)[nH]c2cc1NCC1(O)CCC1. The van der Waals surface area contributed by atoms with Gasteiger partial charge < -0.3 is 20.6 Å². The fraction of sp³-hybridized carbons (Fsp3) is 0.417. The van der Waals surface area contributed by atoms with Crippen molar-refractivity contribution < 1.29 is 9.52 Å². The van der Waals surface area contributed by atoms with Crippen LogP contribution < -0.4 is 16.8 Å². The summed E-state index contributed by atoms with van der Waals surface area (Å²) >= 11 is 0. The number of oxazole rings is 1. The van der Waals surface area contributed by atoms with E-state index in [9.17, 15) is 9.90 Å². The number of nitrogen functional groups attached to an aromatic ring is 1. The van der Waals surface area contributed by atoms with E-state index in [4.69, 9.17) is 10.2 Å². The van der Waals surface area contributed by atoms with E-state index >= 15 is 0 Å². The molecule has 0 amide bonds. The molecule has 0 radical (unpaired) electrons. The summed E-state index contributed by atoms with van der Waals surface area (Å²) in [4.78, 5) is 13.6. The molecule has 1 aliphatic carbocycles. The van der Waals surface area contributed by atoms with Crippen molar-refractivity contribution >= 4 is 22.5 Å². The number of anilines is 2. The molecule has 1 heterocycles. The van der Waals surface area contributed by atoms with Gasteiger partial charge in [0.05, 0.1) is 22.5 Å². The lowest BCUT2D eigenvalue weighted by atomic mass is 9.80. The average Bonchev–Trinajstić information content (AvgIpc) is 2.62. The molecule has 1 aromatic heterocycles. The quantitative estimate of drug-likeness (QED) is 0.608. The topological polar surface area (TPSA) is 104 Å². The monoisotopic (exact) mass is 249 g/mol. The number of nitrogens with two attached hydrogens (primary N) is 1. The maximum atomic E-state index is 11.1. The third kappa shape index (κ3) is 1.84. The third-order valence-electron chi connectivity index (χ3n) is 3.48. The molecule has 96 valence electrons. The minimum absolute atomic E-state index is 0.436. The summed E-state index contributed by atoms with van der Waals surface area (Å²) in [7, 11) is 0. The molecule has 0 bridgehead atoms. The largest absolute Gasteiger partial charge is 0.417 e. The zero-order valence-electron chi connectivity index (χ0n) is 9.82. The first-order chi connectivity index (χ1) is 8.56. The lowest BCUT2D eigenvalue weighted by Gasteiger charge is -2.37. The van der Waals surface area contributed by atoms with Crippen molar-refractivity contribution in [2.75, 3.05) is 17.6 Å². The maximum absolute atomic E-state index is 11.1. The summed E-state index contributed by atoms with van der Waals surface area (Å²) in [5, 5.41) is 13.1. The number of benzene rings is 1. The molecule has 6 nitrogen and oxygen atoms in total. The van der Waals surface area contributed by atoms with Crippen LogP contribution in [-0.2, 0) is 0 Å². The molecule has 0 spiro atoms. The van der Waals surface area contributed by atoms with E-state index in [2.05, 4.69) is 10.3 Å². The normalized spacial score (nSPS) is 17.6. The summed E-state index contributed by atoms with van der Waals surface area (Å²) in [5.74, 6) is -0.501. The summed E-state index contributed by atoms with van der Waals surface area (Å²) in [5.41, 5.74) is 7.46. The van der Waals surface area contributed by atoms with E-state index < -0.39 is 11.4 Å². The van der Waals surface area contributed by atoms with Crippen molar-refractivity contribution in [3.63, 3.8) is 0 Å². The number of aliphatic hydroxyl groups is 1. The van der Waals surface area contributed by atoms with Gasteiger partial charge >= 0.3 is 5.76 Å². The molecule has 5 N–H and O–H groups in total. The summed E-state index contributed by atoms with van der Waals surface area (Å²) in [6.45, 7) is 0.463. The Balaban J connectivity index is 1.86. The summed E-state index contributed by atoms with van der Waals surface area (Å²) < 4.78 is 4.91. The van der Waals surface area contributed by atoms with Crippen molar-refractivity contribution in [2.24, 2.45) is 0 Å². The van der Waals surface area contributed by atoms with Gasteiger partial charge in [-0.05, 0) is 25.3 Å². The van der Waals surface area contributed by atoms with Crippen LogP contribution in [0.25, 0.3) is 11.1 Å². The predicted octanol–water partition coefficient (Wildman–Crippen LogP) is 1.03. The Morgan fingerprint density at radius 1 is 1.50 bits per heavy atom. The highest BCUT2D eigenvalue weighted by Gasteiger charge is 2.34. The molecule has 1 aromatic carbocycles. The average molecular weight is 249 g/mol. The Morgan fingerprint density at radius 3 is 2.94 bits per heavy atom. The van der Waals surface area contributed by atoms with E-state index in [0.717, 1.165) is 19.3 Å². The molecule has 0 saturated heterocycles. The van der Waals surface area contributed by atoms with E-state index in [1.807, 2.05) is 0 Å². The van der Waals surface area contributed by atoms with Crippen LogP contribution in [0.2, 0.25) is 0 Å². The van der Waals surface area contributed by atoms with Gasteiger partial charge in [-0.2, -0.15) is 0 Å². The molecule has 1 saturated carbocycles. The van der Waals surface area contributed by atoms with Gasteiger partial charge in [0.1, 0.15) is 0 Å². The third-order valence-corrected chi connectivity index (χ3v) is 3.48. The van der Waals surface area contributed by atoms with Crippen molar-refractivity contribution in [2.45, 2.75) is 24.9 Å². The molecule has 0 aliphatic heterocycles. The van der Waals surface area contributed by atoms with Gasteiger partial charge in [-0.25, -0.2) is 4.79 Å². The smallest absolute Gasteiger partial charge is 0.408 e. The molecule has 0 unspecified atom stereocenters. The number of fused-ring (bicyclic) bond motifs is 1. The molecule has 6 heteroatoms. The number of rotatable bonds is 3. The van der Waals surface area contributed by atoms with Crippen LogP contribution in [0.15, 0.2) is 21.3 Å². The lowest BCUT2D eigenvalue weighted by molar-refractivity contribution is -0.0201. The zero-order chi connectivity index (χ0) is 12.8. The van der Waals surface area contributed by atoms with Crippen molar-refractivity contribution in [1.29, 1.82) is 0 Å². The maximum Gasteiger partial charge on any atom is 0.417 e. The second-order valence-electron chi connectivity index (χ2n) is 4.88. The minimum atomic E-state index is -0.620. The van der Waals surface area contributed by atoms with Crippen LogP contribution in [0.4, 0.5) is 11.4 Å². The molecule has 3 rings (SSSR count). The van der Waals surface area contributed by atoms with E-state index in [0.29, 0.717) is 29.0 Å². The molecule has 2 aromatic rings. The number of nitrogens with one attached hydrogen (secondary N) is 2. The van der Waals surface area contributed by atoms with Gasteiger partial charge in [0.25, 0.3) is 0 Å². The van der Waals surface area contributed by atoms with Gasteiger partial charge in [0.15, 0.2) is 5.58 Å². The van der Waals surface area contributed by atoms with Gasteiger partial charge in [0.2, 0.25) is 0 Å². The molecule has 1 aliphatic rings.